The molecule has 0 unspecified atom stereocenters. The van der Waals surface area contributed by atoms with E-state index in [2.05, 4.69) is 10.9 Å². The van der Waals surface area contributed by atoms with Crippen LogP contribution in [0.5, 0.6) is 5.75 Å². The van der Waals surface area contributed by atoms with Crippen LogP contribution in [0.4, 0.5) is 0 Å². The van der Waals surface area contributed by atoms with Gasteiger partial charge in [0.15, 0.2) is 12.4 Å². The van der Waals surface area contributed by atoms with Gasteiger partial charge in [-0.15, -0.1) is 0 Å². The third-order valence-electron chi connectivity index (χ3n) is 4.00. The highest BCUT2D eigenvalue weighted by molar-refractivity contribution is 5.92. The zero-order valence-electron chi connectivity index (χ0n) is 13.8. The van der Waals surface area contributed by atoms with E-state index in [9.17, 15) is 9.59 Å². The van der Waals surface area contributed by atoms with Gasteiger partial charge in [0.2, 0.25) is 0 Å². The van der Waals surface area contributed by atoms with Crippen molar-refractivity contribution in [3.63, 3.8) is 0 Å². The Bertz CT molecular complexity index is 757. The number of carbonyl (C=O) groups is 2. The molecule has 0 bridgehead atoms. The van der Waals surface area contributed by atoms with E-state index in [1.165, 1.54) is 0 Å². The second-order valence-corrected chi connectivity index (χ2v) is 5.93. The monoisotopic (exact) mass is 336 g/mol. The molecule has 0 aromatic heterocycles. The normalized spacial score (nSPS) is 16.7. The van der Waals surface area contributed by atoms with Crippen molar-refractivity contribution in [1.29, 1.82) is 0 Å². The zero-order valence-corrected chi connectivity index (χ0v) is 13.8. The summed E-state index contributed by atoms with van der Waals surface area (Å²) in [5.41, 5.74) is 7.26. The number of nitrogens with one attached hydrogen (secondary N) is 2. The number of benzene rings is 2. The third kappa shape index (κ3) is 4.94. The molecule has 1 atom stereocenters. The first-order valence-corrected chi connectivity index (χ1v) is 8.22. The molecule has 0 aliphatic heterocycles. The van der Waals surface area contributed by atoms with E-state index in [4.69, 9.17) is 4.74 Å². The van der Waals surface area contributed by atoms with Gasteiger partial charge in [0, 0.05) is 18.2 Å². The average molecular weight is 336 g/mol. The Morgan fingerprint density at radius 1 is 1.00 bits per heavy atom. The van der Waals surface area contributed by atoms with Gasteiger partial charge in [0.25, 0.3) is 5.91 Å². The van der Waals surface area contributed by atoms with Crippen molar-refractivity contribution in [2.75, 3.05) is 6.61 Å². The average Bonchev–Trinajstić information content (AvgIpc) is 2.66. The van der Waals surface area contributed by atoms with Crippen LogP contribution in [0.15, 0.2) is 72.4 Å². The molecule has 0 radical (unpaired) electrons. The van der Waals surface area contributed by atoms with Crippen LogP contribution in [-0.2, 0) is 9.59 Å². The van der Waals surface area contributed by atoms with Gasteiger partial charge in [0.1, 0.15) is 5.75 Å². The van der Waals surface area contributed by atoms with Gasteiger partial charge in [-0.05, 0) is 30.0 Å². The predicted octanol–water partition coefficient (Wildman–Crippen LogP) is 2.72. The fourth-order valence-corrected chi connectivity index (χ4v) is 2.79. The molecule has 0 saturated carbocycles. The molecule has 3 rings (SSSR count). The molecular weight excluding hydrogens is 316 g/mol. The van der Waals surface area contributed by atoms with E-state index in [0.29, 0.717) is 24.3 Å². The molecule has 25 heavy (non-hydrogen) atoms. The molecule has 5 heteroatoms. The summed E-state index contributed by atoms with van der Waals surface area (Å²) in [7, 11) is 0. The smallest absolute Gasteiger partial charge is 0.276 e. The summed E-state index contributed by atoms with van der Waals surface area (Å²) in [6.45, 7) is -0.0969. The van der Waals surface area contributed by atoms with Crippen molar-refractivity contribution in [2.45, 2.75) is 18.8 Å². The first-order valence-electron chi connectivity index (χ1n) is 8.22. The minimum Gasteiger partial charge on any atom is -0.484 e. The molecule has 2 aromatic rings. The van der Waals surface area contributed by atoms with Crippen LogP contribution in [-0.4, -0.2) is 18.3 Å². The van der Waals surface area contributed by atoms with Gasteiger partial charge in [-0.2, -0.15) is 0 Å². The number of rotatable bonds is 6. The molecule has 2 aromatic carbocycles. The van der Waals surface area contributed by atoms with Crippen LogP contribution in [0.3, 0.4) is 0 Å². The van der Waals surface area contributed by atoms with E-state index < -0.39 is 0 Å². The van der Waals surface area contributed by atoms with E-state index in [0.717, 1.165) is 5.56 Å². The maximum absolute atomic E-state index is 12.0. The quantitative estimate of drug-likeness (QED) is 0.796. The second-order valence-electron chi connectivity index (χ2n) is 5.93. The number of hydrogen-bond acceptors (Lipinski definition) is 4. The van der Waals surface area contributed by atoms with Gasteiger partial charge in [0.05, 0.1) is 0 Å². The lowest BCUT2D eigenvalue weighted by Crippen LogP contribution is -2.40. The number of ketones is 1. The molecule has 0 fully saturated rings. The molecule has 128 valence electrons. The number of para-hydroxylation sites is 1. The number of amides is 1. The fraction of sp³-hybridized carbons (Fsp3) is 0.200. The Balaban J connectivity index is 1.50. The molecule has 1 aliphatic rings. The Kier molecular flexibility index (Phi) is 5.46. The molecule has 2 N–H and O–H groups in total. The molecule has 0 heterocycles. The van der Waals surface area contributed by atoms with Gasteiger partial charge in [-0.25, -0.2) is 0 Å². The van der Waals surface area contributed by atoms with Crippen LogP contribution in [0.1, 0.15) is 24.3 Å². The first-order chi connectivity index (χ1) is 12.2. The van der Waals surface area contributed by atoms with Crippen molar-refractivity contribution in [3.05, 3.63) is 78.0 Å². The summed E-state index contributed by atoms with van der Waals surface area (Å²) in [5, 5.41) is 0. The standard InChI is InChI=1S/C20H20N2O3/c23-18-12-16(15-7-3-1-4-8-15)11-17(13-18)21-22-20(24)14-25-19-9-5-2-6-10-19/h1-10,13,16,21H,11-12,14H2,(H,22,24)/t16-/m1/s1. The molecular formula is C20H20N2O3. The largest absolute Gasteiger partial charge is 0.484 e. The van der Waals surface area contributed by atoms with Crippen LogP contribution in [0, 0.1) is 0 Å². The number of hydrogen-bond donors (Lipinski definition) is 2. The minimum atomic E-state index is -0.306. The number of carbonyl (C=O) groups excluding carboxylic acids is 2. The summed E-state index contributed by atoms with van der Waals surface area (Å²) in [4.78, 5) is 23.8. The zero-order chi connectivity index (χ0) is 17.5. The molecule has 5 nitrogen and oxygen atoms in total. The predicted molar refractivity (Wildman–Crippen MR) is 94.7 cm³/mol. The van der Waals surface area contributed by atoms with Gasteiger partial charge >= 0.3 is 0 Å². The van der Waals surface area contributed by atoms with E-state index in [-0.39, 0.29) is 24.2 Å². The Labute approximate surface area is 146 Å². The van der Waals surface area contributed by atoms with E-state index in [1.807, 2.05) is 48.5 Å². The second kappa shape index (κ2) is 8.15. The Hall–Kier alpha value is -3.08. The Morgan fingerprint density at radius 3 is 2.40 bits per heavy atom. The van der Waals surface area contributed by atoms with E-state index in [1.54, 1.807) is 18.2 Å². The first kappa shape index (κ1) is 16.8. The highest BCUT2D eigenvalue weighted by Gasteiger charge is 2.22. The van der Waals surface area contributed by atoms with Crippen LogP contribution in [0.25, 0.3) is 0 Å². The minimum absolute atomic E-state index is 0.0531. The molecule has 1 amide bonds. The summed E-state index contributed by atoms with van der Waals surface area (Å²) in [6, 6.07) is 19.1. The van der Waals surface area contributed by atoms with Gasteiger partial charge < -0.3 is 10.2 Å². The van der Waals surface area contributed by atoms with Crippen molar-refractivity contribution < 1.29 is 14.3 Å². The number of allylic oxidation sites excluding steroid dienone is 2. The van der Waals surface area contributed by atoms with Crippen molar-refractivity contribution in [2.24, 2.45) is 0 Å². The summed E-state index contributed by atoms with van der Waals surface area (Å²) in [5.74, 6) is 0.504. The van der Waals surface area contributed by atoms with E-state index >= 15 is 0 Å². The highest BCUT2D eigenvalue weighted by atomic mass is 16.5. The summed E-state index contributed by atoms with van der Waals surface area (Å²) in [6.07, 6.45) is 2.72. The SMILES string of the molecule is O=C1C=C(NNC(=O)COc2ccccc2)C[C@@H](c2ccccc2)C1. The maximum Gasteiger partial charge on any atom is 0.276 e. The van der Waals surface area contributed by atoms with Crippen LogP contribution >= 0.6 is 0 Å². The van der Waals surface area contributed by atoms with Crippen molar-refractivity contribution >= 4 is 11.7 Å². The van der Waals surface area contributed by atoms with Crippen LogP contribution in [0.2, 0.25) is 0 Å². The number of ether oxygens (including phenoxy) is 1. The fourth-order valence-electron chi connectivity index (χ4n) is 2.79. The summed E-state index contributed by atoms with van der Waals surface area (Å²) >= 11 is 0. The van der Waals surface area contributed by atoms with Gasteiger partial charge in [-0.3, -0.25) is 15.0 Å². The number of hydrazine groups is 1. The highest BCUT2D eigenvalue weighted by Crippen LogP contribution is 2.29. The lowest BCUT2D eigenvalue weighted by atomic mass is 9.86. The Morgan fingerprint density at radius 2 is 1.68 bits per heavy atom. The third-order valence-corrected chi connectivity index (χ3v) is 4.00. The lowest BCUT2D eigenvalue weighted by Gasteiger charge is -2.23. The molecule has 0 spiro atoms. The van der Waals surface area contributed by atoms with Crippen molar-refractivity contribution in [3.8, 4) is 5.75 Å². The molecule has 1 aliphatic carbocycles. The molecule has 0 saturated heterocycles. The summed E-state index contributed by atoms with van der Waals surface area (Å²) < 4.78 is 5.38. The van der Waals surface area contributed by atoms with Crippen LogP contribution < -0.4 is 15.6 Å². The maximum atomic E-state index is 12.0. The van der Waals surface area contributed by atoms with Gasteiger partial charge in [-0.1, -0.05) is 48.5 Å². The van der Waals surface area contributed by atoms with Crippen molar-refractivity contribution in [1.82, 2.24) is 10.9 Å². The topological polar surface area (TPSA) is 67.4 Å². The lowest BCUT2D eigenvalue weighted by molar-refractivity contribution is -0.124.